The molecule has 7 nitrogen and oxygen atoms in total. The molecule has 1 heterocycles. The minimum Gasteiger partial charge on any atom is -0.478 e. The standard InChI is InChI=1S/C19H22N2O5/c1-5-15-16(11(3)22)10(2)20-17(15)18(23)21-14-7-12(9-26-4)6-13(8-14)19(24)25/h6-8,20H,5,9H2,1-4H3,(H,21,23)(H,24,25). The van der Waals surface area contributed by atoms with Crippen molar-refractivity contribution in [2.45, 2.75) is 33.8 Å². The van der Waals surface area contributed by atoms with Crippen LogP contribution in [-0.2, 0) is 17.8 Å². The smallest absolute Gasteiger partial charge is 0.335 e. The molecule has 7 heteroatoms. The number of ether oxygens (including phenoxy) is 1. The van der Waals surface area contributed by atoms with Crippen molar-refractivity contribution in [2.24, 2.45) is 0 Å². The molecule has 1 aromatic carbocycles. The second-order valence-electron chi connectivity index (χ2n) is 6.00. The van der Waals surface area contributed by atoms with Gasteiger partial charge in [-0.3, -0.25) is 9.59 Å². The van der Waals surface area contributed by atoms with Gasteiger partial charge in [-0.25, -0.2) is 4.79 Å². The number of hydrogen-bond donors (Lipinski definition) is 3. The summed E-state index contributed by atoms with van der Waals surface area (Å²) in [6.07, 6.45) is 0.520. The molecule has 2 rings (SSSR count). The molecule has 0 spiro atoms. The van der Waals surface area contributed by atoms with Gasteiger partial charge in [0.25, 0.3) is 5.91 Å². The zero-order valence-corrected chi connectivity index (χ0v) is 15.2. The van der Waals surface area contributed by atoms with Crippen LogP contribution in [-0.4, -0.2) is 34.9 Å². The fourth-order valence-corrected chi connectivity index (χ4v) is 3.03. The fourth-order valence-electron chi connectivity index (χ4n) is 3.03. The van der Waals surface area contributed by atoms with Gasteiger partial charge < -0.3 is 20.1 Å². The number of hydrogen-bond acceptors (Lipinski definition) is 4. The van der Waals surface area contributed by atoms with Crippen LogP contribution in [0.2, 0.25) is 0 Å². The molecular formula is C19H22N2O5. The predicted octanol–water partition coefficient (Wildman–Crippen LogP) is 3.19. The van der Waals surface area contributed by atoms with Crippen LogP contribution in [0.4, 0.5) is 5.69 Å². The van der Waals surface area contributed by atoms with Gasteiger partial charge in [-0.1, -0.05) is 6.92 Å². The zero-order valence-electron chi connectivity index (χ0n) is 15.2. The van der Waals surface area contributed by atoms with Crippen LogP contribution in [0.15, 0.2) is 18.2 Å². The van der Waals surface area contributed by atoms with E-state index in [9.17, 15) is 19.5 Å². The summed E-state index contributed by atoms with van der Waals surface area (Å²) < 4.78 is 5.04. The third-order valence-electron chi connectivity index (χ3n) is 4.03. The number of ketones is 1. The van der Waals surface area contributed by atoms with Crippen molar-refractivity contribution in [3.8, 4) is 0 Å². The van der Waals surface area contributed by atoms with Gasteiger partial charge in [0.2, 0.25) is 0 Å². The molecule has 0 fully saturated rings. The number of Topliss-reactive ketones (excluding diaryl/α,β-unsaturated/α-hetero) is 1. The molecule has 0 radical (unpaired) electrons. The van der Waals surface area contributed by atoms with E-state index in [1.807, 2.05) is 6.92 Å². The summed E-state index contributed by atoms with van der Waals surface area (Å²) in [5.74, 6) is -1.63. The minimum absolute atomic E-state index is 0.0534. The highest BCUT2D eigenvalue weighted by molar-refractivity contribution is 6.08. The monoisotopic (exact) mass is 358 g/mol. The number of nitrogens with one attached hydrogen (secondary N) is 2. The number of anilines is 1. The Kier molecular flexibility index (Phi) is 5.94. The minimum atomic E-state index is -1.10. The Labute approximate surface area is 151 Å². The molecule has 0 bridgehead atoms. The summed E-state index contributed by atoms with van der Waals surface area (Å²) in [5.41, 5.74) is 3.16. The number of H-pyrrole nitrogens is 1. The molecule has 0 unspecified atom stereocenters. The fraction of sp³-hybridized carbons (Fsp3) is 0.316. The first kappa shape index (κ1) is 19.4. The van der Waals surface area contributed by atoms with Gasteiger partial charge >= 0.3 is 5.97 Å². The van der Waals surface area contributed by atoms with Crippen molar-refractivity contribution in [3.05, 3.63) is 51.8 Å². The molecular weight excluding hydrogens is 336 g/mol. The maximum Gasteiger partial charge on any atom is 0.335 e. The Balaban J connectivity index is 2.40. The second-order valence-corrected chi connectivity index (χ2v) is 6.00. The van der Waals surface area contributed by atoms with Crippen molar-refractivity contribution >= 4 is 23.3 Å². The molecule has 0 saturated heterocycles. The molecule has 0 atom stereocenters. The molecule has 0 aliphatic rings. The van der Waals surface area contributed by atoms with Gasteiger partial charge in [0.15, 0.2) is 5.78 Å². The summed E-state index contributed by atoms with van der Waals surface area (Å²) in [7, 11) is 1.50. The van der Waals surface area contributed by atoms with Gasteiger partial charge in [-0.15, -0.1) is 0 Å². The highest BCUT2D eigenvalue weighted by Crippen LogP contribution is 2.22. The lowest BCUT2D eigenvalue weighted by Gasteiger charge is -2.10. The van der Waals surface area contributed by atoms with Gasteiger partial charge in [-0.05, 0) is 49.6 Å². The Hall–Kier alpha value is -2.93. The number of carbonyl (C=O) groups is 3. The average molecular weight is 358 g/mol. The molecule has 0 saturated carbocycles. The number of carbonyl (C=O) groups excluding carboxylic acids is 2. The van der Waals surface area contributed by atoms with E-state index in [1.54, 1.807) is 13.0 Å². The van der Waals surface area contributed by atoms with E-state index in [1.165, 1.54) is 26.2 Å². The lowest BCUT2D eigenvalue weighted by molar-refractivity contribution is 0.0696. The van der Waals surface area contributed by atoms with Crippen molar-refractivity contribution in [2.75, 3.05) is 12.4 Å². The lowest BCUT2D eigenvalue weighted by Crippen LogP contribution is -2.15. The normalized spacial score (nSPS) is 10.6. The maximum absolute atomic E-state index is 12.7. The van der Waals surface area contributed by atoms with E-state index in [2.05, 4.69) is 10.3 Å². The van der Waals surface area contributed by atoms with E-state index in [0.717, 1.165) is 0 Å². The van der Waals surface area contributed by atoms with E-state index >= 15 is 0 Å². The van der Waals surface area contributed by atoms with Crippen molar-refractivity contribution in [1.29, 1.82) is 0 Å². The third-order valence-corrected chi connectivity index (χ3v) is 4.03. The SMILES string of the molecule is CCc1c(C(=O)Nc2cc(COC)cc(C(=O)O)c2)[nH]c(C)c1C(C)=O. The number of carboxylic acids is 1. The summed E-state index contributed by atoms with van der Waals surface area (Å²) in [5, 5.41) is 11.9. The second kappa shape index (κ2) is 7.97. The largest absolute Gasteiger partial charge is 0.478 e. The first-order valence-corrected chi connectivity index (χ1v) is 8.18. The van der Waals surface area contributed by atoms with Gasteiger partial charge in [0.1, 0.15) is 5.69 Å². The summed E-state index contributed by atoms with van der Waals surface area (Å²) in [4.78, 5) is 38.8. The summed E-state index contributed by atoms with van der Waals surface area (Å²) >= 11 is 0. The van der Waals surface area contributed by atoms with Crippen LogP contribution in [0.5, 0.6) is 0 Å². The summed E-state index contributed by atoms with van der Waals surface area (Å²) in [6, 6.07) is 4.53. The van der Waals surface area contributed by atoms with Crippen molar-refractivity contribution in [1.82, 2.24) is 4.98 Å². The molecule has 0 aliphatic carbocycles. The van der Waals surface area contributed by atoms with Crippen molar-refractivity contribution in [3.63, 3.8) is 0 Å². The van der Waals surface area contributed by atoms with Crippen LogP contribution in [0.25, 0.3) is 0 Å². The number of aromatic nitrogens is 1. The van der Waals surface area contributed by atoms with E-state index in [4.69, 9.17) is 4.74 Å². The molecule has 0 aliphatic heterocycles. The van der Waals surface area contributed by atoms with Gasteiger partial charge in [-0.2, -0.15) is 0 Å². The average Bonchev–Trinajstić information content (AvgIpc) is 2.91. The highest BCUT2D eigenvalue weighted by Gasteiger charge is 2.22. The Morgan fingerprint density at radius 2 is 1.92 bits per heavy atom. The molecule has 1 amide bonds. The number of benzene rings is 1. The van der Waals surface area contributed by atoms with Crippen LogP contribution in [0.1, 0.15) is 61.9 Å². The highest BCUT2D eigenvalue weighted by atomic mass is 16.5. The van der Waals surface area contributed by atoms with Crippen LogP contribution >= 0.6 is 0 Å². The number of aromatic amines is 1. The molecule has 2 aromatic rings. The van der Waals surface area contributed by atoms with Gasteiger partial charge in [0.05, 0.1) is 12.2 Å². The van der Waals surface area contributed by atoms with Crippen LogP contribution < -0.4 is 5.32 Å². The lowest BCUT2D eigenvalue weighted by atomic mass is 10.0. The Morgan fingerprint density at radius 3 is 2.46 bits per heavy atom. The Bertz CT molecular complexity index is 867. The predicted molar refractivity (Wildman–Crippen MR) is 97.0 cm³/mol. The maximum atomic E-state index is 12.7. The molecule has 3 N–H and O–H groups in total. The topological polar surface area (TPSA) is 108 Å². The van der Waals surface area contributed by atoms with Crippen LogP contribution in [0.3, 0.4) is 0 Å². The quantitative estimate of drug-likeness (QED) is 0.659. The first-order valence-electron chi connectivity index (χ1n) is 8.18. The summed E-state index contributed by atoms with van der Waals surface area (Å²) in [6.45, 7) is 5.30. The number of aromatic carboxylic acids is 1. The molecule has 1 aromatic heterocycles. The van der Waals surface area contributed by atoms with E-state index < -0.39 is 11.9 Å². The van der Waals surface area contributed by atoms with E-state index in [-0.39, 0.29) is 18.0 Å². The Morgan fingerprint density at radius 1 is 1.23 bits per heavy atom. The number of amides is 1. The molecule has 138 valence electrons. The van der Waals surface area contributed by atoms with E-state index in [0.29, 0.717) is 40.2 Å². The zero-order chi connectivity index (χ0) is 19.4. The first-order chi connectivity index (χ1) is 12.3. The molecule has 26 heavy (non-hydrogen) atoms. The number of aryl methyl sites for hydroxylation is 1. The van der Waals surface area contributed by atoms with Gasteiger partial charge in [0, 0.05) is 24.1 Å². The number of methoxy groups -OCH3 is 1. The number of rotatable bonds is 7. The van der Waals surface area contributed by atoms with Crippen molar-refractivity contribution < 1.29 is 24.2 Å². The third kappa shape index (κ3) is 4.00. The van der Waals surface area contributed by atoms with Crippen LogP contribution in [0, 0.1) is 6.92 Å². The number of carboxylic acid groups (broad SMARTS) is 1.